The Labute approximate surface area is 139 Å². The van der Waals surface area contributed by atoms with E-state index in [2.05, 4.69) is 22.1 Å². The third kappa shape index (κ3) is 2.50. The van der Waals surface area contributed by atoms with Crippen LogP contribution in [0.15, 0.2) is 17.5 Å². The molecule has 0 saturated carbocycles. The van der Waals surface area contributed by atoms with Gasteiger partial charge in [-0.15, -0.1) is 11.3 Å². The van der Waals surface area contributed by atoms with Crippen molar-refractivity contribution < 1.29 is 9.53 Å². The first-order chi connectivity index (χ1) is 11.2. The van der Waals surface area contributed by atoms with Crippen LogP contribution in [0.2, 0.25) is 0 Å². The molecule has 2 aromatic heterocycles. The number of amides is 1. The summed E-state index contributed by atoms with van der Waals surface area (Å²) in [6.07, 6.45) is 2.35. The summed E-state index contributed by atoms with van der Waals surface area (Å²) in [6, 6.07) is 4.47. The molecule has 3 aliphatic rings. The quantitative estimate of drug-likeness (QED) is 0.939. The molecule has 3 saturated heterocycles. The number of hydrogen-bond donors (Lipinski definition) is 1. The minimum Gasteiger partial charge on any atom is -0.480 e. The van der Waals surface area contributed by atoms with E-state index < -0.39 is 0 Å². The zero-order valence-corrected chi connectivity index (χ0v) is 14.2. The Kier molecular flexibility index (Phi) is 3.73. The van der Waals surface area contributed by atoms with Gasteiger partial charge in [-0.05, 0) is 56.3 Å². The lowest BCUT2D eigenvalue weighted by Crippen LogP contribution is -2.62. The molecule has 5 heterocycles. The topological polar surface area (TPSA) is 54.5 Å². The minimum absolute atomic E-state index is 0.0954. The van der Waals surface area contributed by atoms with E-state index >= 15 is 0 Å². The molecule has 5 rings (SSSR count). The minimum atomic E-state index is -0.0954. The van der Waals surface area contributed by atoms with E-state index in [1.807, 2.05) is 17.5 Å². The molecule has 1 N–H and O–H groups in total. The molecular formula is C17H21N3O2S. The van der Waals surface area contributed by atoms with Crippen LogP contribution in [0, 0.1) is 5.92 Å². The molecule has 5 nitrogen and oxygen atoms in total. The Morgan fingerprint density at radius 1 is 1.43 bits per heavy atom. The lowest BCUT2D eigenvalue weighted by atomic mass is 9.79. The summed E-state index contributed by atoms with van der Waals surface area (Å²) in [5, 5.41) is 6.23. The van der Waals surface area contributed by atoms with E-state index in [-0.39, 0.29) is 11.9 Å². The Hall–Kier alpha value is -1.66. The average Bonchev–Trinajstić information content (AvgIpc) is 3.06. The molecular weight excluding hydrogens is 310 g/mol. The first-order valence-electron chi connectivity index (χ1n) is 8.14. The maximum atomic E-state index is 12.7. The number of ether oxygens (including phenoxy) is 1. The normalized spacial score (nSPS) is 29.7. The van der Waals surface area contributed by atoms with Crippen molar-refractivity contribution in [3.63, 3.8) is 0 Å². The lowest BCUT2D eigenvalue weighted by molar-refractivity contribution is 0.0216. The molecule has 23 heavy (non-hydrogen) atoms. The molecule has 0 spiro atoms. The van der Waals surface area contributed by atoms with E-state index in [4.69, 9.17) is 4.74 Å². The van der Waals surface area contributed by atoms with Crippen molar-refractivity contribution in [2.24, 2.45) is 5.92 Å². The highest BCUT2D eigenvalue weighted by molar-refractivity contribution is 7.17. The van der Waals surface area contributed by atoms with E-state index in [9.17, 15) is 4.79 Å². The summed E-state index contributed by atoms with van der Waals surface area (Å²) in [5.41, 5.74) is 0.441. The van der Waals surface area contributed by atoms with Crippen molar-refractivity contribution in [2.75, 3.05) is 20.2 Å². The van der Waals surface area contributed by atoms with Crippen LogP contribution in [-0.2, 0) is 0 Å². The number of piperidine rings is 3. The standard InChI is InChI=1S/C17H21N3O2S/c1-10-14(11-3-6-20(10)7-4-11)19-16(21)13-9-12-5-8-23-15(12)17(18-13)22-2/h5,8-11,14H,3-4,6-7H2,1-2H3,(H,19,21). The zero-order valence-electron chi connectivity index (χ0n) is 13.4. The Morgan fingerprint density at radius 2 is 2.22 bits per heavy atom. The third-order valence-corrected chi connectivity index (χ3v) is 6.22. The van der Waals surface area contributed by atoms with Crippen molar-refractivity contribution >= 4 is 27.3 Å². The van der Waals surface area contributed by atoms with Crippen LogP contribution in [0.3, 0.4) is 0 Å². The summed E-state index contributed by atoms with van der Waals surface area (Å²) in [4.78, 5) is 19.6. The van der Waals surface area contributed by atoms with Gasteiger partial charge < -0.3 is 10.1 Å². The Balaban J connectivity index is 1.59. The van der Waals surface area contributed by atoms with Crippen LogP contribution < -0.4 is 10.1 Å². The number of hydrogen-bond acceptors (Lipinski definition) is 5. The van der Waals surface area contributed by atoms with Gasteiger partial charge in [0, 0.05) is 17.5 Å². The number of pyridine rings is 1. The number of carbonyl (C=O) groups is 1. The van der Waals surface area contributed by atoms with Crippen molar-refractivity contribution in [1.82, 2.24) is 15.2 Å². The van der Waals surface area contributed by atoms with Crippen LogP contribution in [0.1, 0.15) is 30.3 Å². The summed E-state index contributed by atoms with van der Waals surface area (Å²) in [6.45, 7) is 4.53. The molecule has 3 fully saturated rings. The van der Waals surface area contributed by atoms with Gasteiger partial charge in [-0.3, -0.25) is 9.69 Å². The first-order valence-corrected chi connectivity index (χ1v) is 9.02. The van der Waals surface area contributed by atoms with Crippen LogP contribution in [0.4, 0.5) is 0 Å². The molecule has 2 atom stereocenters. The zero-order chi connectivity index (χ0) is 16.0. The van der Waals surface area contributed by atoms with E-state index in [0.717, 1.165) is 23.2 Å². The number of aromatic nitrogens is 1. The molecule has 0 aromatic carbocycles. The molecule has 2 unspecified atom stereocenters. The van der Waals surface area contributed by atoms with Crippen molar-refractivity contribution in [2.45, 2.75) is 31.8 Å². The highest BCUT2D eigenvalue weighted by atomic mass is 32.1. The SMILES string of the molecule is COc1nc(C(=O)NC2C3CCN(CC3)C2C)cc2ccsc12. The fourth-order valence-corrected chi connectivity index (χ4v) is 4.82. The summed E-state index contributed by atoms with van der Waals surface area (Å²) in [7, 11) is 1.60. The highest BCUT2D eigenvalue weighted by Crippen LogP contribution is 2.33. The highest BCUT2D eigenvalue weighted by Gasteiger charge is 2.40. The van der Waals surface area contributed by atoms with Crippen LogP contribution >= 0.6 is 11.3 Å². The van der Waals surface area contributed by atoms with Gasteiger partial charge in [-0.1, -0.05) is 0 Å². The monoisotopic (exact) mass is 331 g/mol. The predicted molar refractivity (Wildman–Crippen MR) is 91.2 cm³/mol. The number of nitrogens with zero attached hydrogens (tertiary/aromatic N) is 2. The number of methoxy groups -OCH3 is 1. The number of rotatable bonds is 3. The molecule has 1 amide bonds. The van der Waals surface area contributed by atoms with Crippen LogP contribution in [0.5, 0.6) is 5.88 Å². The fourth-order valence-electron chi connectivity index (χ4n) is 3.97. The largest absolute Gasteiger partial charge is 0.480 e. The van der Waals surface area contributed by atoms with E-state index in [0.29, 0.717) is 23.5 Å². The second kappa shape index (κ2) is 5.76. The van der Waals surface area contributed by atoms with Gasteiger partial charge in [-0.25, -0.2) is 4.98 Å². The van der Waals surface area contributed by atoms with Gasteiger partial charge in [0.25, 0.3) is 5.91 Å². The first kappa shape index (κ1) is 14.9. The van der Waals surface area contributed by atoms with E-state index in [1.54, 1.807) is 18.4 Å². The second-order valence-corrected chi connectivity index (χ2v) is 7.39. The molecule has 2 aromatic rings. The van der Waals surface area contributed by atoms with E-state index in [1.165, 1.54) is 12.8 Å². The van der Waals surface area contributed by atoms with Crippen molar-refractivity contribution in [3.05, 3.63) is 23.2 Å². The fraction of sp³-hybridized carbons (Fsp3) is 0.529. The Bertz CT molecular complexity index is 735. The second-order valence-electron chi connectivity index (χ2n) is 6.47. The van der Waals surface area contributed by atoms with Gasteiger partial charge in [0.05, 0.1) is 11.8 Å². The van der Waals surface area contributed by atoms with Crippen LogP contribution in [-0.4, -0.2) is 48.1 Å². The predicted octanol–water partition coefficient (Wildman–Crippen LogP) is 2.52. The molecule has 0 radical (unpaired) electrons. The average molecular weight is 331 g/mol. The van der Waals surface area contributed by atoms with Gasteiger partial charge in [-0.2, -0.15) is 0 Å². The number of nitrogens with one attached hydrogen (secondary N) is 1. The number of carbonyl (C=O) groups excluding carboxylic acids is 1. The van der Waals surface area contributed by atoms with Crippen molar-refractivity contribution in [3.8, 4) is 5.88 Å². The lowest BCUT2D eigenvalue weighted by Gasteiger charge is -2.49. The maximum absolute atomic E-state index is 12.7. The van der Waals surface area contributed by atoms with Crippen molar-refractivity contribution in [1.29, 1.82) is 0 Å². The summed E-state index contributed by atoms with van der Waals surface area (Å²) >= 11 is 1.58. The van der Waals surface area contributed by atoms with Gasteiger partial charge >= 0.3 is 0 Å². The van der Waals surface area contributed by atoms with Crippen LogP contribution in [0.25, 0.3) is 10.1 Å². The number of thiophene rings is 1. The smallest absolute Gasteiger partial charge is 0.270 e. The van der Waals surface area contributed by atoms with Gasteiger partial charge in [0.15, 0.2) is 0 Å². The molecule has 0 aliphatic carbocycles. The summed E-state index contributed by atoms with van der Waals surface area (Å²) < 4.78 is 6.33. The molecule has 6 heteroatoms. The van der Waals surface area contributed by atoms with Gasteiger partial charge in [0.2, 0.25) is 5.88 Å². The molecule has 3 aliphatic heterocycles. The molecule has 122 valence electrons. The Morgan fingerprint density at radius 3 is 2.91 bits per heavy atom. The molecule has 2 bridgehead atoms. The summed E-state index contributed by atoms with van der Waals surface area (Å²) in [5.74, 6) is 1.03. The maximum Gasteiger partial charge on any atom is 0.270 e. The van der Waals surface area contributed by atoms with Gasteiger partial charge in [0.1, 0.15) is 5.69 Å². The third-order valence-electron chi connectivity index (χ3n) is 5.31. The number of fused-ring (bicyclic) bond motifs is 4.